The number of likely N-dealkylation sites (N-methyl/N-ethyl adjacent to an activating group) is 1. The lowest BCUT2D eigenvalue weighted by Crippen LogP contribution is -2.30. The van der Waals surface area contributed by atoms with E-state index in [4.69, 9.17) is 4.74 Å². The fraction of sp³-hybridized carbons (Fsp3) is 0.200. The molecule has 2 rings (SSSR count). The molecule has 0 bridgehead atoms. The fourth-order valence-corrected chi connectivity index (χ4v) is 1.63. The molecule has 2 aromatic rings. The molecule has 1 heterocycles. The molecule has 0 unspecified atom stereocenters. The SMILES string of the molecule is CN(Cc1cccnc1)C(=O)COc1ccccc1. The highest BCUT2D eigenvalue weighted by molar-refractivity contribution is 5.77. The van der Waals surface area contributed by atoms with E-state index in [9.17, 15) is 4.79 Å². The standard InChI is InChI=1S/C15H16N2O2/c1-17(11-13-6-5-9-16-10-13)15(18)12-19-14-7-3-2-4-8-14/h2-10H,11-12H2,1H3. The van der Waals surface area contributed by atoms with E-state index in [0.717, 1.165) is 5.56 Å². The summed E-state index contributed by atoms with van der Waals surface area (Å²) in [5.41, 5.74) is 0.998. The molecule has 19 heavy (non-hydrogen) atoms. The zero-order valence-electron chi connectivity index (χ0n) is 10.8. The molecular formula is C15H16N2O2. The molecule has 0 radical (unpaired) electrons. The molecular weight excluding hydrogens is 240 g/mol. The number of nitrogens with zero attached hydrogens (tertiary/aromatic N) is 2. The number of amides is 1. The van der Waals surface area contributed by atoms with E-state index in [1.807, 2.05) is 42.5 Å². The molecule has 0 N–H and O–H groups in total. The molecule has 4 heteroatoms. The minimum absolute atomic E-state index is 0.0424. The summed E-state index contributed by atoms with van der Waals surface area (Å²) in [5, 5.41) is 0. The molecule has 0 saturated heterocycles. The van der Waals surface area contributed by atoms with Gasteiger partial charge in [-0.3, -0.25) is 9.78 Å². The Balaban J connectivity index is 1.83. The number of benzene rings is 1. The Morgan fingerprint density at radius 3 is 2.68 bits per heavy atom. The van der Waals surface area contributed by atoms with Gasteiger partial charge in [0.05, 0.1) is 0 Å². The normalized spacial score (nSPS) is 9.95. The van der Waals surface area contributed by atoms with Crippen LogP contribution in [-0.4, -0.2) is 29.4 Å². The average Bonchev–Trinajstić information content (AvgIpc) is 2.47. The van der Waals surface area contributed by atoms with E-state index in [1.54, 1.807) is 24.3 Å². The summed E-state index contributed by atoms with van der Waals surface area (Å²) in [6.45, 7) is 0.575. The van der Waals surface area contributed by atoms with Crippen LogP contribution in [0.4, 0.5) is 0 Å². The Morgan fingerprint density at radius 2 is 2.00 bits per heavy atom. The van der Waals surface area contributed by atoms with Crippen LogP contribution < -0.4 is 4.74 Å². The predicted octanol–water partition coefficient (Wildman–Crippen LogP) is 2.12. The van der Waals surface area contributed by atoms with Gasteiger partial charge in [-0.15, -0.1) is 0 Å². The Hall–Kier alpha value is -2.36. The molecule has 1 aromatic carbocycles. The van der Waals surface area contributed by atoms with E-state index < -0.39 is 0 Å². The van der Waals surface area contributed by atoms with Gasteiger partial charge in [0.1, 0.15) is 5.75 Å². The first-order chi connectivity index (χ1) is 9.25. The van der Waals surface area contributed by atoms with Crippen LogP contribution >= 0.6 is 0 Å². The van der Waals surface area contributed by atoms with Crippen LogP contribution in [0.1, 0.15) is 5.56 Å². The van der Waals surface area contributed by atoms with Gasteiger partial charge in [-0.1, -0.05) is 24.3 Å². The number of pyridine rings is 1. The van der Waals surface area contributed by atoms with Crippen molar-refractivity contribution < 1.29 is 9.53 Å². The largest absolute Gasteiger partial charge is 0.484 e. The molecule has 0 aliphatic rings. The molecule has 0 spiro atoms. The van der Waals surface area contributed by atoms with E-state index in [2.05, 4.69) is 4.98 Å². The zero-order valence-corrected chi connectivity index (χ0v) is 10.8. The van der Waals surface area contributed by atoms with Crippen LogP contribution in [0.15, 0.2) is 54.9 Å². The number of ether oxygens (including phenoxy) is 1. The van der Waals surface area contributed by atoms with Gasteiger partial charge in [-0.2, -0.15) is 0 Å². The Morgan fingerprint density at radius 1 is 1.21 bits per heavy atom. The summed E-state index contributed by atoms with van der Waals surface area (Å²) in [5.74, 6) is 0.637. The Kier molecular flexibility index (Phi) is 4.50. The minimum atomic E-state index is -0.0623. The first-order valence-corrected chi connectivity index (χ1v) is 6.06. The number of hydrogen-bond donors (Lipinski definition) is 0. The van der Waals surface area contributed by atoms with Gasteiger partial charge < -0.3 is 9.64 Å². The number of rotatable bonds is 5. The topological polar surface area (TPSA) is 42.4 Å². The van der Waals surface area contributed by atoms with Crippen molar-refractivity contribution in [2.24, 2.45) is 0 Å². The van der Waals surface area contributed by atoms with Gasteiger partial charge in [0, 0.05) is 26.0 Å². The van der Waals surface area contributed by atoms with E-state index >= 15 is 0 Å². The molecule has 98 valence electrons. The number of hydrogen-bond acceptors (Lipinski definition) is 3. The number of carbonyl (C=O) groups is 1. The average molecular weight is 256 g/mol. The van der Waals surface area contributed by atoms with Gasteiger partial charge in [-0.05, 0) is 23.8 Å². The van der Waals surface area contributed by atoms with Gasteiger partial charge in [0.15, 0.2) is 6.61 Å². The van der Waals surface area contributed by atoms with Crippen molar-refractivity contribution in [2.45, 2.75) is 6.54 Å². The minimum Gasteiger partial charge on any atom is -0.484 e. The third-order valence-electron chi connectivity index (χ3n) is 2.67. The first-order valence-electron chi connectivity index (χ1n) is 6.06. The fourth-order valence-electron chi connectivity index (χ4n) is 1.63. The quantitative estimate of drug-likeness (QED) is 0.823. The highest BCUT2D eigenvalue weighted by Gasteiger charge is 2.10. The van der Waals surface area contributed by atoms with Crippen molar-refractivity contribution in [2.75, 3.05) is 13.7 Å². The lowest BCUT2D eigenvalue weighted by Gasteiger charge is -2.17. The van der Waals surface area contributed by atoms with Crippen molar-refractivity contribution >= 4 is 5.91 Å². The van der Waals surface area contributed by atoms with Crippen molar-refractivity contribution in [3.05, 3.63) is 60.4 Å². The molecule has 0 fully saturated rings. The highest BCUT2D eigenvalue weighted by atomic mass is 16.5. The molecule has 1 amide bonds. The van der Waals surface area contributed by atoms with Crippen molar-refractivity contribution in [3.63, 3.8) is 0 Å². The van der Waals surface area contributed by atoms with E-state index in [1.165, 1.54) is 0 Å². The summed E-state index contributed by atoms with van der Waals surface area (Å²) in [4.78, 5) is 17.5. The maximum Gasteiger partial charge on any atom is 0.260 e. The smallest absolute Gasteiger partial charge is 0.260 e. The Bertz CT molecular complexity index is 514. The molecule has 0 aliphatic heterocycles. The third kappa shape index (κ3) is 4.10. The van der Waals surface area contributed by atoms with Crippen molar-refractivity contribution in [3.8, 4) is 5.75 Å². The third-order valence-corrected chi connectivity index (χ3v) is 2.67. The lowest BCUT2D eigenvalue weighted by molar-refractivity contribution is -0.132. The molecule has 1 aromatic heterocycles. The van der Waals surface area contributed by atoms with Crippen LogP contribution in [0.2, 0.25) is 0 Å². The molecule has 0 atom stereocenters. The summed E-state index contributed by atoms with van der Waals surface area (Å²) < 4.78 is 5.42. The van der Waals surface area contributed by atoms with Crippen LogP contribution in [0, 0.1) is 0 Å². The monoisotopic (exact) mass is 256 g/mol. The second-order valence-corrected chi connectivity index (χ2v) is 4.21. The van der Waals surface area contributed by atoms with Crippen LogP contribution in [0.5, 0.6) is 5.75 Å². The van der Waals surface area contributed by atoms with Gasteiger partial charge in [0.2, 0.25) is 0 Å². The second kappa shape index (κ2) is 6.54. The Labute approximate surface area is 112 Å². The van der Waals surface area contributed by atoms with Crippen LogP contribution in [0.25, 0.3) is 0 Å². The van der Waals surface area contributed by atoms with Crippen LogP contribution in [-0.2, 0) is 11.3 Å². The molecule has 0 saturated carbocycles. The van der Waals surface area contributed by atoms with Crippen LogP contribution in [0.3, 0.4) is 0 Å². The lowest BCUT2D eigenvalue weighted by atomic mass is 10.3. The van der Waals surface area contributed by atoms with Gasteiger partial charge >= 0.3 is 0 Å². The molecule has 4 nitrogen and oxygen atoms in total. The van der Waals surface area contributed by atoms with Gasteiger partial charge in [-0.25, -0.2) is 0 Å². The number of aromatic nitrogens is 1. The summed E-state index contributed by atoms with van der Waals surface area (Å²) >= 11 is 0. The van der Waals surface area contributed by atoms with E-state index in [-0.39, 0.29) is 12.5 Å². The summed E-state index contributed by atoms with van der Waals surface area (Å²) in [7, 11) is 1.75. The van der Waals surface area contributed by atoms with E-state index in [0.29, 0.717) is 12.3 Å². The van der Waals surface area contributed by atoms with Crippen molar-refractivity contribution in [1.82, 2.24) is 9.88 Å². The summed E-state index contributed by atoms with van der Waals surface area (Å²) in [6, 6.07) is 13.1. The predicted molar refractivity (Wildman–Crippen MR) is 72.6 cm³/mol. The number of para-hydroxylation sites is 1. The maximum absolute atomic E-state index is 11.9. The first kappa shape index (κ1) is 13.1. The molecule has 0 aliphatic carbocycles. The highest BCUT2D eigenvalue weighted by Crippen LogP contribution is 2.08. The van der Waals surface area contributed by atoms with Crippen molar-refractivity contribution in [1.29, 1.82) is 0 Å². The maximum atomic E-state index is 11.9. The summed E-state index contributed by atoms with van der Waals surface area (Å²) in [6.07, 6.45) is 3.46. The number of carbonyl (C=O) groups excluding carboxylic acids is 1. The van der Waals surface area contributed by atoms with Gasteiger partial charge in [0.25, 0.3) is 5.91 Å². The zero-order chi connectivity index (χ0) is 13.5. The second-order valence-electron chi connectivity index (χ2n) is 4.21.